The van der Waals surface area contributed by atoms with Crippen LogP contribution in [0.4, 0.5) is 0 Å². The number of unbranched alkanes of at least 4 members (excludes halogenated alkanes) is 6. The lowest BCUT2D eigenvalue weighted by Gasteiger charge is -2.33. The molecule has 0 unspecified atom stereocenters. The van der Waals surface area contributed by atoms with Crippen molar-refractivity contribution >= 4 is 23.8 Å². The van der Waals surface area contributed by atoms with Crippen LogP contribution in [0.1, 0.15) is 100 Å². The third-order valence-corrected chi connectivity index (χ3v) is 8.46. The van der Waals surface area contributed by atoms with E-state index < -0.39 is 0 Å². The summed E-state index contributed by atoms with van der Waals surface area (Å²) in [4.78, 5) is 11.4. The fraction of sp³-hybridized carbons (Fsp3) is 0.361. The van der Waals surface area contributed by atoms with Gasteiger partial charge in [0.25, 0.3) is 0 Å². The molecule has 1 heterocycles. The molecule has 2 aliphatic carbocycles. The number of carbonyl (C=O) groups is 1. The highest BCUT2D eigenvalue weighted by molar-refractivity contribution is 6.50. The number of nitrogens with zero attached hydrogens (tertiary/aromatic N) is 2. The second kappa shape index (κ2) is 12.5. The van der Waals surface area contributed by atoms with Crippen LogP contribution in [0.5, 0.6) is 0 Å². The van der Waals surface area contributed by atoms with Gasteiger partial charge in [-0.05, 0) is 46.7 Å². The highest BCUT2D eigenvalue weighted by atomic mass is 16.1. The number of hydrogen-bond acceptors (Lipinski definition) is 3. The van der Waals surface area contributed by atoms with E-state index in [4.69, 9.17) is 0 Å². The van der Waals surface area contributed by atoms with Crippen molar-refractivity contribution in [2.75, 3.05) is 0 Å². The Morgan fingerprint density at radius 3 is 1.77 bits per heavy atom. The number of allylic oxidation sites excluding steroid dienone is 1. The van der Waals surface area contributed by atoms with Gasteiger partial charge in [-0.15, -0.1) is 5.10 Å². The van der Waals surface area contributed by atoms with E-state index in [-0.39, 0.29) is 11.2 Å². The Balaban J connectivity index is 0.000000184. The largest absolute Gasteiger partial charge is 0.287 e. The van der Waals surface area contributed by atoms with E-state index in [1.807, 2.05) is 30.3 Å². The van der Waals surface area contributed by atoms with Crippen LogP contribution in [-0.4, -0.2) is 17.7 Å². The third-order valence-electron chi connectivity index (χ3n) is 8.46. The van der Waals surface area contributed by atoms with Crippen molar-refractivity contribution in [1.29, 1.82) is 0 Å². The van der Waals surface area contributed by atoms with Crippen molar-refractivity contribution < 1.29 is 4.79 Å². The molecule has 200 valence electrons. The highest BCUT2D eigenvalue weighted by Crippen LogP contribution is 2.54. The first kappa shape index (κ1) is 27.0. The van der Waals surface area contributed by atoms with Crippen molar-refractivity contribution in [3.8, 4) is 11.1 Å². The molecule has 3 aromatic carbocycles. The molecule has 0 saturated carbocycles. The molecule has 0 spiro atoms. The van der Waals surface area contributed by atoms with Crippen LogP contribution in [0, 0.1) is 0 Å². The van der Waals surface area contributed by atoms with E-state index in [1.165, 1.54) is 81.5 Å². The molecule has 3 heteroatoms. The molecule has 0 radical (unpaired) electrons. The Kier molecular flexibility index (Phi) is 8.66. The molecule has 39 heavy (non-hydrogen) atoms. The molecule has 0 atom stereocenters. The summed E-state index contributed by atoms with van der Waals surface area (Å²) in [5, 5.41) is 7.65. The van der Waals surface area contributed by atoms with Gasteiger partial charge in [-0.25, -0.2) is 0 Å². The lowest BCUT2D eigenvalue weighted by molar-refractivity contribution is -0.108. The first-order valence-electron chi connectivity index (χ1n) is 14.9. The molecule has 3 aliphatic rings. The molecule has 0 amide bonds. The van der Waals surface area contributed by atoms with Crippen LogP contribution < -0.4 is 0 Å². The Bertz CT molecular complexity index is 1350. The summed E-state index contributed by atoms with van der Waals surface area (Å²) in [6.45, 7) is 4.61. The predicted molar refractivity (Wildman–Crippen MR) is 165 cm³/mol. The minimum atomic E-state index is -0.0637. The van der Waals surface area contributed by atoms with Crippen LogP contribution in [0.3, 0.4) is 0 Å². The van der Waals surface area contributed by atoms with Crippen molar-refractivity contribution in [2.24, 2.45) is 10.2 Å². The molecular formula is C36H40N2O. The number of ketones is 1. The van der Waals surface area contributed by atoms with Gasteiger partial charge in [0.15, 0.2) is 0 Å². The van der Waals surface area contributed by atoms with Crippen LogP contribution in [0.2, 0.25) is 0 Å². The van der Waals surface area contributed by atoms with Gasteiger partial charge in [0.2, 0.25) is 5.78 Å². The second-order valence-electron chi connectivity index (χ2n) is 11.0. The average Bonchev–Trinajstić information content (AvgIpc) is 3.49. The second-order valence-corrected chi connectivity index (χ2v) is 11.0. The maximum atomic E-state index is 11.4. The zero-order chi connectivity index (χ0) is 27.1. The molecule has 0 N–H and O–H groups in total. The molecule has 0 bridgehead atoms. The molecule has 0 saturated heterocycles. The zero-order valence-electron chi connectivity index (χ0n) is 23.5. The van der Waals surface area contributed by atoms with Gasteiger partial charge in [0, 0.05) is 11.0 Å². The topological polar surface area (TPSA) is 41.8 Å². The number of hydrogen-bond donors (Lipinski definition) is 0. The monoisotopic (exact) mass is 516 g/mol. The maximum Gasteiger partial charge on any atom is 0.208 e. The van der Waals surface area contributed by atoms with Crippen molar-refractivity contribution in [1.82, 2.24) is 0 Å². The SMILES string of the molecule is CCCCCCC1(CCCCCC)c2ccccc2-c2ccccc21.O=C1C=NN=C2C1=Cc1ccccc12. The highest BCUT2D eigenvalue weighted by Gasteiger charge is 2.41. The van der Waals surface area contributed by atoms with Crippen LogP contribution in [0.15, 0.2) is 88.6 Å². The smallest absolute Gasteiger partial charge is 0.208 e. The first-order valence-corrected chi connectivity index (χ1v) is 14.9. The Morgan fingerprint density at radius 1 is 0.641 bits per heavy atom. The Hall–Kier alpha value is -3.59. The van der Waals surface area contributed by atoms with E-state index in [2.05, 4.69) is 72.6 Å². The van der Waals surface area contributed by atoms with Crippen LogP contribution in [0.25, 0.3) is 17.2 Å². The van der Waals surface area contributed by atoms with Crippen LogP contribution in [-0.2, 0) is 10.2 Å². The zero-order valence-corrected chi connectivity index (χ0v) is 23.5. The molecule has 3 aromatic rings. The molecule has 0 fully saturated rings. The minimum Gasteiger partial charge on any atom is -0.287 e. The molecular weight excluding hydrogens is 476 g/mol. The van der Waals surface area contributed by atoms with Crippen molar-refractivity contribution in [3.63, 3.8) is 0 Å². The van der Waals surface area contributed by atoms with E-state index in [0.29, 0.717) is 11.3 Å². The third kappa shape index (κ3) is 5.45. The number of Topliss-reactive ketones (excluding diaryl/α,β-unsaturated/α-hetero) is 1. The summed E-state index contributed by atoms with van der Waals surface area (Å²) in [7, 11) is 0. The quantitative estimate of drug-likeness (QED) is 0.248. The summed E-state index contributed by atoms with van der Waals surface area (Å²) in [6, 6.07) is 26.2. The molecule has 1 aliphatic heterocycles. The Labute approximate surface area is 233 Å². The number of carbonyl (C=O) groups excluding carboxylic acids is 1. The summed E-state index contributed by atoms with van der Waals surface area (Å²) in [5.74, 6) is -0.0637. The summed E-state index contributed by atoms with van der Waals surface area (Å²) >= 11 is 0. The number of benzene rings is 3. The lowest BCUT2D eigenvalue weighted by Crippen LogP contribution is -2.25. The summed E-state index contributed by atoms with van der Waals surface area (Å²) in [5.41, 5.74) is 9.83. The summed E-state index contributed by atoms with van der Waals surface area (Å²) in [6.07, 6.45) is 16.6. The van der Waals surface area contributed by atoms with E-state index >= 15 is 0 Å². The van der Waals surface area contributed by atoms with Gasteiger partial charge in [-0.1, -0.05) is 138 Å². The van der Waals surface area contributed by atoms with Crippen molar-refractivity contribution in [2.45, 2.75) is 83.5 Å². The molecule has 6 rings (SSSR count). The fourth-order valence-corrected chi connectivity index (χ4v) is 6.50. The van der Waals surface area contributed by atoms with Gasteiger partial charge in [-0.2, -0.15) is 5.10 Å². The predicted octanol–water partition coefficient (Wildman–Crippen LogP) is 9.34. The normalized spacial score (nSPS) is 15.4. The van der Waals surface area contributed by atoms with Gasteiger partial charge >= 0.3 is 0 Å². The van der Waals surface area contributed by atoms with E-state index in [0.717, 1.165) is 11.1 Å². The lowest BCUT2D eigenvalue weighted by atomic mass is 9.70. The number of rotatable bonds is 10. The van der Waals surface area contributed by atoms with Gasteiger partial charge in [-0.3, -0.25) is 4.79 Å². The van der Waals surface area contributed by atoms with E-state index in [1.54, 1.807) is 11.1 Å². The first-order chi connectivity index (χ1) is 19.2. The van der Waals surface area contributed by atoms with E-state index in [9.17, 15) is 4.79 Å². The standard InChI is InChI=1S/C25H34.C11H6N2O/c1-3-5-7-13-19-25(20-14-8-6-4-2)23-17-11-9-15-21(23)22-16-10-12-18-24(22)25;14-10-6-12-13-11-8-4-2-1-3-7(8)5-9(10)11/h9-12,15-18H,3-8,13-14,19-20H2,1-2H3;1-6H. The Morgan fingerprint density at radius 2 is 1.18 bits per heavy atom. The minimum absolute atomic E-state index is 0.0637. The molecule has 3 nitrogen and oxygen atoms in total. The van der Waals surface area contributed by atoms with Gasteiger partial charge in [0.05, 0.1) is 11.8 Å². The van der Waals surface area contributed by atoms with Gasteiger partial charge in [0.1, 0.15) is 5.71 Å². The number of fused-ring (bicyclic) bond motifs is 6. The average molecular weight is 517 g/mol. The van der Waals surface area contributed by atoms with Gasteiger partial charge < -0.3 is 0 Å². The summed E-state index contributed by atoms with van der Waals surface area (Å²) < 4.78 is 0. The maximum absolute atomic E-state index is 11.4. The van der Waals surface area contributed by atoms with Crippen molar-refractivity contribution in [3.05, 3.63) is 101 Å². The van der Waals surface area contributed by atoms with Crippen LogP contribution >= 0.6 is 0 Å². The molecule has 0 aromatic heterocycles. The fourth-order valence-electron chi connectivity index (χ4n) is 6.50.